The Hall–Kier alpha value is 0.01000. The molecule has 2 unspecified atom stereocenters. The lowest BCUT2D eigenvalue weighted by molar-refractivity contribution is 0.0809. The van der Waals surface area contributed by atoms with Crippen molar-refractivity contribution in [3.05, 3.63) is 32.8 Å². The summed E-state index contributed by atoms with van der Waals surface area (Å²) in [5.41, 5.74) is 0.872. The standard InChI is InChI=1S/C14H16Cl3NO/c15-10-3-4-11(16)13(17)9(10)7-18-12-5-6-19-14(12)8-1-2-8/h3-4,8,12,14,18H,1-2,5-7H2. The van der Waals surface area contributed by atoms with Crippen LogP contribution in [-0.4, -0.2) is 18.8 Å². The lowest BCUT2D eigenvalue weighted by Crippen LogP contribution is -2.37. The molecule has 1 N–H and O–H groups in total. The van der Waals surface area contributed by atoms with Crippen LogP contribution in [0.25, 0.3) is 0 Å². The predicted octanol–water partition coefficient (Wildman–Crippen LogP) is 4.30. The SMILES string of the molecule is Clc1ccc(Cl)c(CNC2CCOC2C2CC2)c1Cl. The smallest absolute Gasteiger partial charge is 0.0757 e. The van der Waals surface area contributed by atoms with E-state index in [-0.39, 0.29) is 0 Å². The second-order valence-corrected chi connectivity index (χ2v) is 6.46. The van der Waals surface area contributed by atoms with Crippen LogP contribution in [-0.2, 0) is 11.3 Å². The van der Waals surface area contributed by atoms with E-state index in [1.54, 1.807) is 12.1 Å². The van der Waals surface area contributed by atoms with Crippen molar-refractivity contribution in [2.45, 2.75) is 38.0 Å². The van der Waals surface area contributed by atoms with Crippen molar-refractivity contribution >= 4 is 34.8 Å². The largest absolute Gasteiger partial charge is 0.376 e. The molecule has 1 aromatic carbocycles. The van der Waals surface area contributed by atoms with Crippen LogP contribution in [0.15, 0.2) is 12.1 Å². The van der Waals surface area contributed by atoms with Crippen LogP contribution < -0.4 is 5.32 Å². The second-order valence-electron chi connectivity index (χ2n) is 5.27. The van der Waals surface area contributed by atoms with Crippen LogP contribution in [0.3, 0.4) is 0 Å². The van der Waals surface area contributed by atoms with Gasteiger partial charge in [0, 0.05) is 29.8 Å². The summed E-state index contributed by atoms with van der Waals surface area (Å²) in [7, 11) is 0. The van der Waals surface area contributed by atoms with Gasteiger partial charge in [0.2, 0.25) is 0 Å². The first kappa shape index (κ1) is 14.0. The molecule has 0 spiro atoms. The summed E-state index contributed by atoms with van der Waals surface area (Å²) in [6, 6.07) is 3.91. The average molecular weight is 321 g/mol. The van der Waals surface area contributed by atoms with Gasteiger partial charge in [0.1, 0.15) is 0 Å². The third-order valence-electron chi connectivity index (χ3n) is 3.90. The zero-order valence-electron chi connectivity index (χ0n) is 10.5. The van der Waals surface area contributed by atoms with Gasteiger partial charge in [-0.25, -0.2) is 0 Å². The van der Waals surface area contributed by atoms with Crippen molar-refractivity contribution < 1.29 is 4.74 Å². The number of halogens is 3. The quantitative estimate of drug-likeness (QED) is 0.835. The Morgan fingerprint density at radius 3 is 2.58 bits per heavy atom. The molecule has 2 nitrogen and oxygen atoms in total. The zero-order valence-corrected chi connectivity index (χ0v) is 12.7. The molecule has 0 bridgehead atoms. The minimum absolute atomic E-state index is 0.358. The minimum Gasteiger partial charge on any atom is -0.376 e. The summed E-state index contributed by atoms with van der Waals surface area (Å²) in [6.45, 7) is 1.48. The highest BCUT2D eigenvalue weighted by molar-refractivity contribution is 6.44. The van der Waals surface area contributed by atoms with Crippen molar-refractivity contribution in [1.82, 2.24) is 5.32 Å². The van der Waals surface area contributed by atoms with Gasteiger partial charge in [-0.2, -0.15) is 0 Å². The van der Waals surface area contributed by atoms with Crippen molar-refractivity contribution in [2.24, 2.45) is 5.92 Å². The molecule has 0 radical (unpaired) electrons. The van der Waals surface area contributed by atoms with Crippen molar-refractivity contribution in [2.75, 3.05) is 6.61 Å². The predicted molar refractivity (Wildman–Crippen MR) is 79.2 cm³/mol. The first-order chi connectivity index (χ1) is 9.16. The normalized spacial score (nSPS) is 26.9. The number of hydrogen-bond acceptors (Lipinski definition) is 2. The fraction of sp³-hybridized carbons (Fsp3) is 0.571. The molecule has 1 aliphatic heterocycles. The summed E-state index contributed by atoms with van der Waals surface area (Å²) in [6.07, 6.45) is 4.00. The van der Waals surface area contributed by atoms with Gasteiger partial charge in [-0.1, -0.05) is 34.8 Å². The number of benzene rings is 1. The lowest BCUT2D eigenvalue weighted by atomic mass is 10.1. The molecule has 2 aliphatic rings. The van der Waals surface area contributed by atoms with Gasteiger partial charge in [0.05, 0.1) is 16.1 Å². The number of ether oxygens (including phenoxy) is 1. The molecule has 104 valence electrons. The summed E-state index contributed by atoms with van der Waals surface area (Å²) >= 11 is 18.4. The van der Waals surface area contributed by atoms with Crippen LogP contribution in [0.2, 0.25) is 15.1 Å². The highest BCUT2D eigenvalue weighted by atomic mass is 35.5. The molecule has 1 aliphatic carbocycles. The van der Waals surface area contributed by atoms with Crippen molar-refractivity contribution in [3.63, 3.8) is 0 Å². The topological polar surface area (TPSA) is 21.3 Å². The van der Waals surface area contributed by atoms with E-state index in [0.717, 1.165) is 24.5 Å². The molecule has 1 saturated carbocycles. The van der Waals surface area contributed by atoms with Gasteiger partial charge in [-0.15, -0.1) is 0 Å². The Balaban J connectivity index is 1.67. The Morgan fingerprint density at radius 1 is 1.11 bits per heavy atom. The van der Waals surface area contributed by atoms with E-state index >= 15 is 0 Å². The van der Waals surface area contributed by atoms with Gasteiger partial charge in [-0.05, 0) is 37.3 Å². The van der Waals surface area contributed by atoms with E-state index in [0.29, 0.717) is 33.8 Å². The highest BCUT2D eigenvalue weighted by Crippen LogP contribution is 2.39. The van der Waals surface area contributed by atoms with Gasteiger partial charge >= 0.3 is 0 Å². The van der Waals surface area contributed by atoms with Crippen LogP contribution in [0.4, 0.5) is 0 Å². The maximum atomic E-state index is 6.21. The molecule has 1 aromatic rings. The Labute approximate surface area is 128 Å². The van der Waals surface area contributed by atoms with Crippen molar-refractivity contribution in [3.8, 4) is 0 Å². The van der Waals surface area contributed by atoms with Crippen LogP contribution in [0.5, 0.6) is 0 Å². The third kappa shape index (κ3) is 3.03. The molecular formula is C14H16Cl3NO. The van der Waals surface area contributed by atoms with E-state index in [4.69, 9.17) is 39.5 Å². The molecule has 1 heterocycles. The monoisotopic (exact) mass is 319 g/mol. The van der Waals surface area contributed by atoms with Gasteiger partial charge in [-0.3, -0.25) is 0 Å². The molecule has 5 heteroatoms. The molecule has 2 atom stereocenters. The fourth-order valence-corrected chi connectivity index (χ4v) is 3.36. The van der Waals surface area contributed by atoms with Crippen LogP contribution >= 0.6 is 34.8 Å². The first-order valence-electron chi connectivity index (χ1n) is 6.64. The molecule has 0 amide bonds. The minimum atomic E-state index is 0.358. The third-order valence-corrected chi connectivity index (χ3v) is 5.10. The van der Waals surface area contributed by atoms with Crippen LogP contribution in [0.1, 0.15) is 24.8 Å². The maximum Gasteiger partial charge on any atom is 0.0757 e. The first-order valence-corrected chi connectivity index (χ1v) is 7.77. The van der Waals surface area contributed by atoms with E-state index in [2.05, 4.69) is 5.32 Å². The highest BCUT2D eigenvalue weighted by Gasteiger charge is 2.40. The average Bonchev–Trinajstić information content (AvgIpc) is 3.14. The fourth-order valence-electron chi connectivity index (χ4n) is 2.68. The van der Waals surface area contributed by atoms with E-state index in [1.165, 1.54) is 12.8 Å². The molecule has 1 saturated heterocycles. The second kappa shape index (κ2) is 5.79. The molecule has 19 heavy (non-hydrogen) atoms. The molecular weight excluding hydrogens is 305 g/mol. The number of nitrogens with one attached hydrogen (secondary N) is 1. The Bertz CT molecular complexity index is 476. The summed E-state index contributed by atoms with van der Waals surface area (Å²) in [4.78, 5) is 0. The lowest BCUT2D eigenvalue weighted by Gasteiger charge is -2.20. The van der Waals surface area contributed by atoms with Gasteiger partial charge in [0.25, 0.3) is 0 Å². The molecule has 3 rings (SSSR count). The Morgan fingerprint density at radius 2 is 1.84 bits per heavy atom. The van der Waals surface area contributed by atoms with Crippen molar-refractivity contribution in [1.29, 1.82) is 0 Å². The van der Waals surface area contributed by atoms with E-state index < -0.39 is 0 Å². The van der Waals surface area contributed by atoms with Gasteiger partial charge < -0.3 is 10.1 Å². The number of hydrogen-bond donors (Lipinski definition) is 1. The molecule has 2 fully saturated rings. The van der Waals surface area contributed by atoms with Crippen LogP contribution in [0, 0.1) is 5.92 Å². The summed E-state index contributed by atoms with van der Waals surface area (Å²) in [5, 5.41) is 5.27. The molecule has 0 aromatic heterocycles. The zero-order chi connectivity index (χ0) is 13.4. The van der Waals surface area contributed by atoms with E-state index in [1.807, 2.05) is 0 Å². The number of rotatable bonds is 4. The summed E-state index contributed by atoms with van der Waals surface area (Å²) < 4.78 is 5.81. The summed E-state index contributed by atoms with van der Waals surface area (Å²) in [5.74, 6) is 0.741. The van der Waals surface area contributed by atoms with Gasteiger partial charge in [0.15, 0.2) is 0 Å². The maximum absolute atomic E-state index is 6.21. The Kier molecular flexibility index (Phi) is 4.25. The van der Waals surface area contributed by atoms with E-state index in [9.17, 15) is 0 Å².